The zero-order valence-corrected chi connectivity index (χ0v) is 12.3. The summed E-state index contributed by atoms with van der Waals surface area (Å²) < 4.78 is 25.4. The van der Waals surface area contributed by atoms with Crippen LogP contribution in [0.4, 0.5) is 8.78 Å². The van der Waals surface area contributed by atoms with Crippen LogP contribution in [0.1, 0.15) is 18.0 Å². The van der Waals surface area contributed by atoms with Crippen LogP contribution in [0.15, 0.2) is 28.7 Å². The van der Waals surface area contributed by atoms with Gasteiger partial charge in [0.25, 0.3) is 6.43 Å². The molecule has 1 unspecified atom stereocenters. The van der Waals surface area contributed by atoms with Crippen molar-refractivity contribution in [3.63, 3.8) is 0 Å². The van der Waals surface area contributed by atoms with Crippen LogP contribution >= 0.6 is 15.9 Å². The zero-order chi connectivity index (χ0) is 13.5. The van der Waals surface area contributed by atoms with Crippen LogP contribution in [0.2, 0.25) is 0 Å². The van der Waals surface area contributed by atoms with E-state index in [1.54, 1.807) is 11.9 Å². The maximum absolute atomic E-state index is 12.2. The minimum absolute atomic E-state index is 0.170. The lowest BCUT2D eigenvalue weighted by Gasteiger charge is -2.21. The summed E-state index contributed by atoms with van der Waals surface area (Å²) in [5, 5.41) is 3.22. The third-order valence-electron chi connectivity index (χ3n) is 2.87. The average molecular weight is 321 g/mol. The van der Waals surface area contributed by atoms with Gasteiger partial charge < -0.3 is 10.2 Å². The Kier molecular flexibility index (Phi) is 6.75. The summed E-state index contributed by atoms with van der Waals surface area (Å²) in [5.74, 6) is 0. The molecule has 0 fully saturated rings. The van der Waals surface area contributed by atoms with Gasteiger partial charge in [-0.15, -0.1) is 0 Å². The Morgan fingerprint density at radius 2 is 1.89 bits per heavy atom. The Morgan fingerprint density at radius 3 is 2.39 bits per heavy atom. The summed E-state index contributed by atoms with van der Waals surface area (Å²) in [6.45, 7) is 0.475. The lowest BCUT2D eigenvalue weighted by atomic mass is 10.0. The third-order valence-corrected chi connectivity index (χ3v) is 3.40. The Hall–Kier alpha value is -0.520. The molecule has 5 heteroatoms. The number of alkyl halides is 2. The first-order valence-electron chi connectivity index (χ1n) is 5.92. The molecule has 1 atom stereocenters. The molecule has 0 saturated heterocycles. The molecule has 0 heterocycles. The molecular formula is C13H19BrF2N2. The Labute approximate surface area is 115 Å². The summed E-state index contributed by atoms with van der Waals surface area (Å²) in [4.78, 5) is 1.66. The van der Waals surface area contributed by atoms with Crippen molar-refractivity contribution in [3.05, 3.63) is 34.3 Å². The molecule has 1 rings (SSSR count). The molecule has 18 heavy (non-hydrogen) atoms. The molecule has 1 aromatic carbocycles. The summed E-state index contributed by atoms with van der Waals surface area (Å²) in [7, 11) is 3.61. The van der Waals surface area contributed by atoms with Gasteiger partial charge in [0, 0.05) is 10.5 Å². The van der Waals surface area contributed by atoms with E-state index in [0.29, 0.717) is 6.54 Å². The molecule has 2 nitrogen and oxygen atoms in total. The largest absolute Gasteiger partial charge is 0.313 e. The molecular weight excluding hydrogens is 302 g/mol. The molecule has 1 aromatic rings. The van der Waals surface area contributed by atoms with E-state index in [-0.39, 0.29) is 12.6 Å². The molecule has 0 aliphatic heterocycles. The van der Waals surface area contributed by atoms with Gasteiger partial charge in [0.05, 0.1) is 6.54 Å². The fourth-order valence-corrected chi connectivity index (χ4v) is 2.11. The predicted molar refractivity (Wildman–Crippen MR) is 74.1 cm³/mol. The summed E-state index contributed by atoms with van der Waals surface area (Å²) in [5.41, 5.74) is 1.17. The van der Waals surface area contributed by atoms with Gasteiger partial charge in [0.2, 0.25) is 0 Å². The first kappa shape index (κ1) is 15.5. The zero-order valence-electron chi connectivity index (χ0n) is 10.7. The lowest BCUT2D eigenvalue weighted by molar-refractivity contribution is 0.0986. The van der Waals surface area contributed by atoms with Gasteiger partial charge in [-0.05, 0) is 44.8 Å². The average Bonchev–Trinajstić information content (AvgIpc) is 2.31. The van der Waals surface area contributed by atoms with E-state index in [9.17, 15) is 8.78 Å². The summed E-state index contributed by atoms with van der Waals surface area (Å²) in [6, 6.07) is 8.25. The van der Waals surface area contributed by atoms with E-state index in [1.165, 1.54) is 5.56 Å². The molecule has 0 saturated carbocycles. The molecule has 0 amide bonds. The van der Waals surface area contributed by atoms with Crippen LogP contribution in [-0.2, 0) is 0 Å². The van der Waals surface area contributed by atoms with Crippen molar-refractivity contribution >= 4 is 15.9 Å². The second-order valence-corrected chi connectivity index (χ2v) is 5.25. The molecule has 0 aliphatic carbocycles. The van der Waals surface area contributed by atoms with Crippen molar-refractivity contribution in [3.8, 4) is 0 Å². The van der Waals surface area contributed by atoms with E-state index in [2.05, 4.69) is 21.2 Å². The van der Waals surface area contributed by atoms with Crippen molar-refractivity contribution < 1.29 is 8.78 Å². The molecule has 0 radical (unpaired) electrons. The van der Waals surface area contributed by atoms with Crippen LogP contribution in [0.5, 0.6) is 0 Å². The molecule has 0 bridgehead atoms. The van der Waals surface area contributed by atoms with Crippen molar-refractivity contribution in [2.45, 2.75) is 18.9 Å². The SMILES string of the molecule is CNC(CCN(C)CC(F)F)c1ccc(Br)cc1. The van der Waals surface area contributed by atoms with E-state index in [1.807, 2.05) is 31.3 Å². The van der Waals surface area contributed by atoms with Gasteiger partial charge in [-0.3, -0.25) is 0 Å². The van der Waals surface area contributed by atoms with E-state index in [0.717, 1.165) is 10.9 Å². The maximum Gasteiger partial charge on any atom is 0.251 e. The van der Waals surface area contributed by atoms with Crippen molar-refractivity contribution in [1.29, 1.82) is 0 Å². The topological polar surface area (TPSA) is 15.3 Å². The molecule has 0 aliphatic rings. The molecule has 0 aromatic heterocycles. The van der Waals surface area contributed by atoms with Crippen LogP contribution in [0.25, 0.3) is 0 Å². The fraction of sp³-hybridized carbons (Fsp3) is 0.538. The van der Waals surface area contributed by atoms with Crippen molar-refractivity contribution in [2.24, 2.45) is 0 Å². The minimum atomic E-state index is -2.27. The molecule has 1 N–H and O–H groups in total. The quantitative estimate of drug-likeness (QED) is 0.829. The van der Waals surface area contributed by atoms with Crippen LogP contribution in [0, 0.1) is 0 Å². The highest BCUT2D eigenvalue weighted by Gasteiger charge is 2.12. The predicted octanol–water partition coefficient (Wildman–Crippen LogP) is 3.30. The Morgan fingerprint density at radius 1 is 1.28 bits per heavy atom. The van der Waals surface area contributed by atoms with E-state index < -0.39 is 6.43 Å². The van der Waals surface area contributed by atoms with Gasteiger partial charge in [-0.25, -0.2) is 8.78 Å². The number of halogens is 3. The number of hydrogen-bond donors (Lipinski definition) is 1. The normalized spacial score (nSPS) is 13.3. The highest BCUT2D eigenvalue weighted by molar-refractivity contribution is 9.10. The Balaban J connectivity index is 2.49. The smallest absolute Gasteiger partial charge is 0.251 e. The second-order valence-electron chi connectivity index (χ2n) is 4.33. The van der Waals surface area contributed by atoms with Gasteiger partial charge in [0.1, 0.15) is 0 Å². The van der Waals surface area contributed by atoms with Gasteiger partial charge >= 0.3 is 0 Å². The minimum Gasteiger partial charge on any atom is -0.313 e. The summed E-state index contributed by atoms with van der Waals surface area (Å²) >= 11 is 3.39. The highest BCUT2D eigenvalue weighted by Crippen LogP contribution is 2.19. The van der Waals surface area contributed by atoms with Gasteiger partial charge in [-0.1, -0.05) is 28.1 Å². The number of hydrogen-bond acceptors (Lipinski definition) is 2. The lowest BCUT2D eigenvalue weighted by Crippen LogP contribution is -2.29. The number of rotatable bonds is 7. The fourth-order valence-electron chi connectivity index (χ4n) is 1.85. The Bertz CT molecular complexity index is 343. The first-order chi connectivity index (χ1) is 8.52. The second kappa shape index (κ2) is 7.81. The van der Waals surface area contributed by atoms with Crippen LogP contribution < -0.4 is 5.32 Å². The van der Waals surface area contributed by atoms with E-state index in [4.69, 9.17) is 0 Å². The summed E-state index contributed by atoms with van der Waals surface area (Å²) in [6.07, 6.45) is -1.46. The highest BCUT2D eigenvalue weighted by atomic mass is 79.9. The number of nitrogens with one attached hydrogen (secondary N) is 1. The third kappa shape index (κ3) is 5.42. The van der Waals surface area contributed by atoms with Gasteiger partial charge in [-0.2, -0.15) is 0 Å². The standard InChI is InChI=1S/C13H19BrF2N2/c1-17-12(7-8-18(2)9-13(15)16)10-3-5-11(14)6-4-10/h3-6,12-13,17H,7-9H2,1-2H3. The number of benzene rings is 1. The van der Waals surface area contributed by atoms with E-state index >= 15 is 0 Å². The van der Waals surface area contributed by atoms with Crippen molar-refractivity contribution in [2.75, 3.05) is 27.2 Å². The molecule has 102 valence electrons. The first-order valence-corrected chi connectivity index (χ1v) is 6.71. The van der Waals surface area contributed by atoms with Crippen LogP contribution in [-0.4, -0.2) is 38.5 Å². The van der Waals surface area contributed by atoms with Crippen LogP contribution in [0.3, 0.4) is 0 Å². The molecule has 0 spiro atoms. The monoisotopic (exact) mass is 320 g/mol. The number of nitrogens with zero attached hydrogens (tertiary/aromatic N) is 1. The maximum atomic E-state index is 12.2. The van der Waals surface area contributed by atoms with Crippen molar-refractivity contribution in [1.82, 2.24) is 10.2 Å². The van der Waals surface area contributed by atoms with Gasteiger partial charge in [0.15, 0.2) is 0 Å².